The minimum absolute atomic E-state index is 0.0364. The fourth-order valence-electron chi connectivity index (χ4n) is 3.73. The number of carbonyl (C=O) groups is 2. The monoisotopic (exact) mass is 475 g/mol. The van der Waals surface area contributed by atoms with Crippen molar-refractivity contribution in [3.63, 3.8) is 0 Å². The zero-order valence-electron chi connectivity index (χ0n) is 19.0. The third-order valence-corrected chi connectivity index (χ3v) is 7.28. The fourth-order valence-corrected chi connectivity index (χ4v) is 5.28. The number of hydrogen-bond acceptors (Lipinski definition) is 6. The Labute approximate surface area is 194 Å². The number of amides is 2. The first-order chi connectivity index (χ1) is 15.8. The quantitative estimate of drug-likeness (QED) is 0.634. The van der Waals surface area contributed by atoms with E-state index in [2.05, 4.69) is 10.6 Å². The first-order valence-electron chi connectivity index (χ1n) is 10.7. The standard InChI is InChI=1S/C23H29N3O6S/c1-16(27)24-17-8-10-22(32-3)20(14-17)25-23(28)19-15-18(9-11-21(19)31-2)33(29,30)26-12-6-4-5-7-13-26/h8-11,14-15H,4-7,12-13H2,1-3H3,(H,24,27)(H,25,28). The van der Waals surface area contributed by atoms with E-state index in [0.29, 0.717) is 30.2 Å². The van der Waals surface area contributed by atoms with Crippen molar-refractivity contribution in [2.75, 3.05) is 37.9 Å². The molecule has 0 radical (unpaired) electrons. The Balaban J connectivity index is 1.94. The lowest BCUT2D eigenvalue weighted by Gasteiger charge is -2.21. The van der Waals surface area contributed by atoms with Gasteiger partial charge >= 0.3 is 0 Å². The number of nitrogens with one attached hydrogen (secondary N) is 2. The van der Waals surface area contributed by atoms with Crippen molar-refractivity contribution in [1.29, 1.82) is 0 Å². The number of anilines is 2. The molecule has 0 bridgehead atoms. The van der Waals surface area contributed by atoms with E-state index in [4.69, 9.17) is 9.47 Å². The highest BCUT2D eigenvalue weighted by Gasteiger charge is 2.27. The van der Waals surface area contributed by atoms with E-state index in [-0.39, 0.29) is 22.1 Å². The van der Waals surface area contributed by atoms with Crippen LogP contribution in [0.3, 0.4) is 0 Å². The van der Waals surface area contributed by atoms with Crippen LogP contribution in [0.1, 0.15) is 43.0 Å². The van der Waals surface area contributed by atoms with Gasteiger partial charge in [0.1, 0.15) is 11.5 Å². The van der Waals surface area contributed by atoms with Gasteiger partial charge in [-0.05, 0) is 49.2 Å². The molecular formula is C23H29N3O6S. The number of nitrogens with zero attached hydrogens (tertiary/aromatic N) is 1. The van der Waals surface area contributed by atoms with E-state index in [0.717, 1.165) is 25.7 Å². The number of hydrogen-bond donors (Lipinski definition) is 2. The van der Waals surface area contributed by atoms with Crippen LogP contribution in [0.15, 0.2) is 41.3 Å². The van der Waals surface area contributed by atoms with Gasteiger partial charge in [-0.3, -0.25) is 9.59 Å². The molecule has 33 heavy (non-hydrogen) atoms. The fraction of sp³-hybridized carbons (Fsp3) is 0.391. The smallest absolute Gasteiger partial charge is 0.259 e. The van der Waals surface area contributed by atoms with Crippen molar-refractivity contribution in [3.05, 3.63) is 42.0 Å². The predicted octanol–water partition coefficient (Wildman–Crippen LogP) is 3.48. The Morgan fingerprint density at radius 2 is 1.52 bits per heavy atom. The average molecular weight is 476 g/mol. The van der Waals surface area contributed by atoms with Gasteiger partial charge < -0.3 is 20.1 Å². The molecule has 3 rings (SSSR count). The summed E-state index contributed by atoms with van der Waals surface area (Å²) in [5.41, 5.74) is 0.861. The Hall–Kier alpha value is -3.11. The number of carbonyl (C=O) groups excluding carboxylic acids is 2. The molecule has 2 amide bonds. The molecule has 178 valence electrons. The second-order valence-corrected chi connectivity index (χ2v) is 9.67. The molecule has 0 atom stereocenters. The summed E-state index contributed by atoms with van der Waals surface area (Å²) in [6, 6.07) is 9.07. The maximum Gasteiger partial charge on any atom is 0.259 e. The third-order valence-electron chi connectivity index (χ3n) is 5.39. The molecule has 10 heteroatoms. The summed E-state index contributed by atoms with van der Waals surface area (Å²) in [5.74, 6) is -0.215. The molecule has 2 aromatic carbocycles. The van der Waals surface area contributed by atoms with Gasteiger partial charge in [0.15, 0.2) is 0 Å². The Kier molecular flexibility index (Phi) is 7.93. The predicted molar refractivity (Wildman–Crippen MR) is 125 cm³/mol. The average Bonchev–Trinajstić information content (AvgIpc) is 3.08. The highest BCUT2D eigenvalue weighted by molar-refractivity contribution is 7.89. The third kappa shape index (κ3) is 5.82. The van der Waals surface area contributed by atoms with Crippen molar-refractivity contribution < 1.29 is 27.5 Å². The summed E-state index contributed by atoms with van der Waals surface area (Å²) in [6.45, 7) is 2.30. The second-order valence-electron chi connectivity index (χ2n) is 7.73. The van der Waals surface area contributed by atoms with Crippen molar-refractivity contribution in [2.24, 2.45) is 0 Å². The molecule has 0 aliphatic carbocycles. The second kappa shape index (κ2) is 10.7. The van der Waals surface area contributed by atoms with E-state index in [1.165, 1.54) is 43.6 Å². The SMILES string of the molecule is COc1ccc(NC(C)=O)cc1NC(=O)c1cc(S(=O)(=O)N2CCCCCC2)ccc1OC. The summed E-state index contributed by atoms with van der Waals surface area (Å²) in [6.07, 6.45) is 3.63. The van der Waals surface area contributed by atoms with Gasteiger partial charge in [-0.1, -0.05) is 12.8 Å². The zero-order valence-corrected chi connectivity index (χ0v) is 19.8. The van der Waals surface area contributed by atoms with Crippen LogP contribution < -0.4 is 20.1 Å². The van der Waals surface area contributed by atoms with Gasteiger partial charge in [0.25, 0.3) is 5.91 Å². The Bertz CT molecular complexity index is 1130. The number of rotatable bonds is 7. The molecule has 0 aromatic heterocycles. The van der Waals surface area contributed by atoms with E-state index < -0.39 is 15.9 Å². The van der Waals surface area contributed by atoms with E-state index in [1.54, 1.807) is 18.2 Å². The summed E-state index contributed by atoms with van der Waals surface area (Å²) in [4.78, 5) is 24.6. The largest absolute Gasteiger partial charge is 0.496 e. The van der Waals surface area contributed by atoms with Gasteiger partial charge in [-0.2, -0.15) is 4.31 Å². The van der Waals surface area contributed by atoms with Crippen molar-refractivity contribution >= 4 is 33.2 Å². The topological polar surface area (TPSA) is 114 Å². The zero-order chi connectivity index (χ0) is 24.0. The Morgan fingerprint density at radius 3 is 2.12 bits per heavy atom. The minimum atomic E-state index is -3.75. The van der Waals surface area contributed by atoms with Crippen molar-refractivity contribution in [2.45, 2.75) is 37.5 Å². The molecule has 1 fully saturated rings. The summed E-state index contributed by atoms with van der Waals surface area (Å²) in [5, 5.41) is 5.38. The summed E-state index contributed by atoms with van der Waals surface area (Å²) < 4.78 is 38.5. The van der Waals surface area contributed by atoms with E-state index in [1.807, 2.05) is 0 Å². The molecule has 2 aromatic rings. The lowest BCUT2D eigenvalue weighted by Crippen LogP contribution is -2.32. The van der Waals surface area contributed by atoms with Crippen LogP contribution in [-0.4, -0.2) is 51.8 Å². The molecular weight excluding hydrogens is 446 g/mol. The molecule has 1 aliphatic rings. The lowest BCUT2D eigenvalue weighted by molar-refractivity contribution is -0.114. The molecule has 0 saturated carbocycles. The highest BCUT2D eigenvalue weighted by atomic mass is 32.2. The van der Waals surface area contributed by atoms with Crippen LogP contribution in [0.5, 0.6) is 11.5 Å². The van der Waals surface area contributed by atoms with Gasteiger partial charge in [-0.15, -0.1) is 0 Å². The molecule has 2 N–H and O–H groups in total. The molecule has 0 spiro atoms. The maximum absolute atomic E-state index is 13.2. The normalized spacial score (nSPS) is 14.8. The van der Waals surface area contributed by atoms with Crippen LogP contribution >= 0.6 is 0 Å². The minimum Gasteiger partial charge on any atom is -0.496 e. The highest BCUT2D eigenvalue weighted by Crippen LogP contribution is 2.31. The van der Waals surface area contributed by atoms with Crippen LogP contribution in [0.4, 0.5) is 11.4 Å². The lowest BCUT2D eigenvalue weighted by atomic mass is 10.1. The van der Waals surface area contributed by atoms with Crippen LogP contribution in [-0.2, 0) is 14.8 Å². The van der Waals surface area contributed by atoms with Crippen LogP contribution in [0.2, 0.25) is 0 Å². The number of benzene rings is 2. The number of ether oxygens (including phenoxy) is 2. The van der Waals surface area contributed by atoms with Crippen molar-refractivity contribution in [1.82, 2.24) is 4.31 Å². The summed E-state index contributed by atoms with van der Waals surface area (Å²) >= 11 is 0. The van der Waals surface area contributed by atoms with E-state index >= 15 is 0 Å². The first kappa shape index (κ1) is 24.5. The van der Waals surface area contributed by atoms with Gasteiger partial charge in [0, 0.05) is 25.7 Å². The number of sulfonamides is 1. The molecule has 1 saturated heterocycles. The van der Waals surface area contributed by atoms with E-state index in [9.17, 15) is 18.0 Å². The number of methoxy groups -OCH3 is 2. The molecule has 1 aliphatic heterocycles. The first-order valence-corrected chi connectivity index (χ1v) is 12.2. The maximum atomic E-state index is 13.2. The van der Waals surface area contributed by atoms with Gasteiger partial charge in [0.05, 0.1) is 30.4 Å². The molecule has 9 nitrogen and oxygen atoms in total. The van der Waals surface area contributed by atoms with Crippen LogP contribution in [0, 0.1) is 0 Å². The molecule has 1 heterocycles. The van der Waals surface area contributed by atoms with Crippen molar-refractivity contribution in [3.8, 4) is 11.5 Å². The summed E-state index contributed by atoms with van der Waals surface area (Å²) in [7, 11) is -0.880. The van der Waals surface area contributed by atoms with Crippen LogP contribution in [0.25, 0.3) is 0 Å². The molecule has 0 unspecified atom stereocenters. The van der Waals surface area contributed by atoms with Gasteiger partial charge in [-0.25, -0.2) is 8.42 Å². The Morgan fingerprint density at radius 1 is 0.879 bits per heavy atom. The van der Waals surface area contributed by atoms with Gasteiger partial charge in [0.2, 0.25) is 15.9 Å².